The van der Waals surface area contributed by atoms with E-state index >= 15 is 0 Å². The van der Waals surface area contributed by atoms with Crippen LogP contribution in [0.25, 0.3) is 0 Å². The van der Waals surface area contributed by atoms with E-state index in [-0.39, 0.29) is 32.8 Å². The topological polar surface area (TPSA) is 72.5 Å². The number of esters is 1. The minimum atomic E-state index is -3.88. The predicted molar refractivity (Wildman–Crippen MR) is 89.7 cm³/mol. The molecule has 1 N–H and O–H groups in total. The maximum Gasteiger partial charge on any atom is 0.338 e. The largest absolute Gasteiger partial charge is 0.462 e. The molecule has 0 unspecified atom stereocenters. The molecule has 5 nitrogen and oxygen atoms in total. The Morgan fingerprint density at radius 2 is 1.65 bits per heavy atom. The molecule has 0 amide bonds. The van der Waals surface area contributed by atoms with E-state index in [1.54, 1.807) is 13.0 Å². The highest BCUT2D eigenvalue weighted by molar-refractivity contribution is 7.92. The molecule has 122 valence electrons. The third-order valence-corrected chi connectivity index (χ3v) is 4.87. The number of sulfonamides is 1. The molecule has 0 aliphatic heterocycles. The molecule has 2 aromatic rings. The predicted octanol–water partition coefficient (Wildman–Crippen LogP) is 3.97. The van der Waals surface area contributed by atoms with E-state index in [0.717, 1.165) is 0 Å². The molecule has 0 saturated heterocycles. The quantitative estimate of drug-likeness (QED) is 0.804. The first kappa shape index (κ1) is 17.6. The molecule has 0 radical (unpaired) electrons. The summed E-state index contributed by atoms with van der Waals surface area (Å²) in [5.41, 5.74) is 0.367. The summed E-state index contributed by atoms with van der Waals surface area (Å²) in [7, 11) is -3.88. The zero-order chi connectivity index (χ0) is 17.0. The van der Waals surface area contributed by atoms with Crippen LogP contribution in [0.1, 0.15) is 17.3 Å². The lowest BCUT2D eigenvalue weighted by Gasteiger charge is -2.11. The normalized spacial score (nSPS) is 11.1. The van der Waals surface area contributed by atoms with E-state index < -0.39 is 16.0 Å². The molecule has 0 saturated carbocycles. The summed E-state index contributed by atoms with van der Waals surface area (Å²) >= 11 is 11.9. The first-order valence-corrected chi connectivity index (χ1v) is 8.83. The van der Waals surface area contributed by atoms with Crippen LogP contribution in [0, 0.1) is 0 Å². The second-order valence-corrected chi connectivity index (χ2v) is 6.94. The Balaban J connectivity index is 2.28. The number of hydrogen-bond acceptors (Lipinski definition) is 4. The van der Waals surface area contributed by atoms with E-state index in [9.17, 15) is 13.2 Å². The Bertz CT molecular complexity index is 800. The minimum absolute atomic E-state index is 0.0264. The van der Waals surface area contributed by atoms with Crippen LogP contribution in [0.5, 0.6) is 0 Å². The fourth-order valence-electron chi connectivity index (χ4n) is 1.77. The first-order valence-electron chi connectivity index (χ1n) is 6.59. The lowest BCUT2D eigenvalue weighted by Crippen LogP contribution is -2.14. The standard InChI is InChI=1S/C15H13Cl2NO4S/c1-2-22-15(19)10-6-8-11(9-7-10)23(20,21)18-14-12(16)4-3-5-13(14)17/h3-9,18H,2H2,1H3. The van der Waals surface area contributed by atoms with Gasteiger partial charge in [-0.05, 0) is 43.3 Å². The third-order valence-electron chi connectivity index (χ3n) is 2.87. The zero-order valence-corrected chi connectivity index (χ0v) is 14.4. The van der Waals surface area contributed by atoms with E-state index in [2.05, 4.69) is 4.72 Å². The van der Waals surface area contributed by atoms with Gasteiger partial charge in [-0.2, -0.15) is 0 Å². The summed E-state index contributed by atoms with van der Waals surface area (Å²) in [5, 5.41) is 0.369. The smallest absolute Gasteiger partial charge is 0.338 e. The van der Waals surface area contributed by atoms with Gasteiger partial charge in [-0.15, -0.1) is 0 Å². The zero-order valence-electron chi connectivity index (χ0n) is 12.0. The molecule has 0 spiro atoms. The summed E-state index contributed by atoms with van der Waals surface area (Å²) < 4.78 is 31.9. The van der Waals surface area contributed by atoms with Gasteiger partial charge < -0.3 is 4.74 Å². The molecule has 2 aromatic carbocycles. The lowest BCUT2D eigenvalue weighted by molar-refractivity contribution is 0.0526. The summed E-state index contributed by atoms with van der Waals surface area (Å²) in [5.74, 6) is -0.515. The van der Waals surface area contributed by atoms with Crippen molar-refractivity contribution in [1.82, 2.24) is 0 Å². The number of nitrogens with one attached hydrogen (secondary N) is 1. The Morgan fingerprint density at radius 1 is 1.09 bits per heavy atom. The van der Waals surface area contributed by atoms with Crippen LogP contribution in [0.4, 0.5) is 5.69 Å². The number of ether oxygens (including phenoxy) is 1. The van der Waals surface area contributed by atoms with Crippen molar-refractivity contribution in [2.24, 2.45) is 0 Å². The second-order valence-electron chi connectivity index (χ2n) is 4.45. The van der Waals surface area contributed by atoms with Crippen LogP contribution in [0.3, 0.4) is 0 Å². The van der Waals surface area contributed by atoms with Gasteiger partial charge >= 0.3 is 5.97 Å². The van der Waals surface area contributed by atoms with Crippen LogP contribution < -0.4 is 4.72 Å². The molecule has 8 heteroatoms. The number of rotatable bonds is 5. The number of para-hydroxylation sites is 1. The van der Waals surface area contributed by atoms with Gasteiger partial charge in [-0.25, -0.2) is 13.2 Å². The van der Waals surface area contributed by atoms with Crippen molar-refractivity contribution in [3.63, 3.8) is 0 Å². The Hall–Kier alpha value is -1.76. The maximum absolute atomic E-state index is 12.4. The van der Waals surface area contributed by atoms with Gasteiger partial charge in [-0.1, -0.05) is 29.3 Å². The molecule has 0 aromatic heterocycles. The average molecular weight is 374 g/mol. The molecular formula is C15H13Cl2NO4S. The van der Waals surface area contributed by atoms with Crippen molar-refractivity contribution >= 4 is 44.9 Å². The molecule has 23 heavy (non-hydrogen) atoms. The molecule has 0 aliphatic carbocycles. The van der Waals surface area contributed by atoms with Crippen molar-refractivity contribution in [3.8, 4) is 0 Å². The fourth-order valence-corrected chi connectivity index (χ4v) is 3.48. The molecule has 2 rings (SSSR count). The van der Waals surface area contributed by atoms with E-state index in [1.165, 1.54) is 36.4 Å². The Kier molecular flexibility index (Phi) is 5.51. The number of hydrogen-bond donors (Lipinski definition) is 1. The molecule has 0 bridgehead atoms. The van der Waals surface area contributed by atoms with Crippen LogP contribution in [0.15, 0.2) is 47.4 Å². The fraction of sp³-hybridized carbons (Fsp3) is 0.133. The molecule has 0 fully saturated rings. The number of halogens is 2. The van der Waals surface area contributed by atoms with Crippen LogP contribution in [0.2, 0.25) is 10.0 Å². The summed E-state index contributed by atoms with van der Waals surface area (Å²) in [6, 6.07) is 10.0. The van der Waals surface area contributed by atoms with E-state index in [1.807, 2.05) is 0 Å². The number of anilines is 1. The monoisotopic (exact) mass is 373 g/mol. The van der Waals surface area contributed by atoms with Crippen molar-refractivity contribution in [3.05, 3.63) is 58.1 Å². The van der Waals surface area contributed by atoms with Crippen molar-refractivity contribution in [2.75, 3.05) is 11.3 Å². The molecule has 0 aliphatic rings. The van der Waals surface area contributed by atoms with Gasteiger partial charge in [0.25, 0.3) is 10.0 Å². The van der Waals surface area contributed by atoms with Gasteiger partial charge in [-0.3, -0.25) is 4.72 Å². The van der Waals surface area contributed by atoms with E-state index in [4.69, 9.17) is 27.9 Å². The van der Waals surface area contributed by atoms with Crippen molar-refractivity contribution in [2.45, 2.75) is 11.8 Å². The van der Waals surface area contributed by atoms with Gasteiger partial charge in [0.15, 0.2) is 0 Å². The lowest BCUT2D eigenvalue weighted by atomic mass is 10.2. The van der Waals surface area contributed by atoms with E-state index in [0.29, 0.717) is 0 Å². The molecular weight excluding hydrogens is 361 g/mol. The van der Waals surface area contributed by atoms with Gasteiger partial charge in [0.2, 0.25) is 0 Å². The summed E-state index contributed by atoms with van der Waals surface area (Å²) in [4.78, 5) is 11.5. The summed E-state index contributed by atoms with van der Waals surface area (Å²) in [6.07, 6.45) is 0. The maximum atomic E-state index is 12.4. The SMILES string of the molecule is CCOC(=O)c1ccc(S(=O)(=O)Nc2c(Cl)cccc2Cl)cc1. The third kappa shape index (κ3) is 4.16. The average Bonchev–Trinajstić information content (AvgIpc) is 2.51. The number of benzene rings is 2. The Labute approximate surface area is 144 Å². The van der Waals surface area contributed by atoms with Gasteiger partial charge in [0, 0.05) is 0 Å². The highest BCUT2D eigenvalue weighted by Crippen LogP contribution is 2.31. The van der Waals surface area contributed by atoms with Gasteiger partial charge in [0.05, 0.1) is 32.8 Å². The molecule has 0 heterocycles. The summed E-state index contributed by atoms with van der Waals surface area (Å²) in [6.45, 7) is 1.93. The van der Waals surface area contributed by atoms with Crippen LogP contribution in [-0.2, 0) is 14.8 Å². The Morgan fingerprint density at radius 3 is 2.17 bits per heavy atom. The van der Waals surface area contributed by atoms with Crippen LogP contribution in [-0.4, -0.2) is 21.0 Å². The second kappa shape index (κ2) is 7.21. The van der Waals surface area contributed by atoms with Crippen molar-refractivity contribution < 1.29 is 17.9 Å². The highest BCUT2D eigenvalue weighted by atomic mass is 35.5. The number of carbonyl (C=O) groups excluding carboxylic acids is 1. The van der Waals surface area contributed by atoms with Gasteiger partial charge in [0.1, 0.15) is 0 Å². The first-order chi connectivity index (χ1) is 10.8. The van der Waals surface area contributed by atoms with Crippen molar-refractivity contribution in [1.29, 1.82) is 0 Å². The molecule has 0 atom stereocenters. The number of carbonyl (C=O) groups is 1. The highest BCUT2D eigenvalue weighted by Gasteiger charge is 2.18. The minimum Gasteiger partial charge on any atom is -0.462 e. The van der Waals surface area contributed by atoms with Crippen LogP contribution >= 0.6 is 23.2 Å².